The van der Waals surface area contributed by atoms with Crippen molar-refractivity contribution in [3.63, 3.8) is 0 Å². The van der Waals surface area contributed by atoms with E-state index >= 15 is 0 Å². The summed E-state index contributed by atoms with van der Waals surface area (Å²) in [6, 6.07) is 5.68. The maximum absolute atomic E-state index is 12.9. The predicted octanol–water partition coefficient (Wildman–Crippen LogP) is 3.09. The third-order valence-electron chi connectivity index (χ3n) is 6.12. The lowest BCUT2D eigenvalue weighted by atomic mass is 9.70. The zero-order chi connectivity index (χ0) is 19.1. The SMILES string of the molecule is C=CC[C@@]12C=C(OC)C(=O)[C@@H]([C@H](c3ccc(OC)c(OC)c3)[C@H]1C)[C@H]2O. The lowest BCUT2D eigenvalue weighted by molar-refractivity contribution is -0.128. The number of allylic oxidation sites excluding steroid dienone is 2. The fourth-order valence-corrected chi connectivity index (χ4v) is 4.78. The number of rotatable bonds is 6. The molecule has 3 rings (SSSR count). The number of methoxy groups -OCH3 is 3. The van der Waals surface area contributed by atoms with Gasteiger partial charge in [0.2, 0.25) is 5.78 Å². The van der Waals surface area contributed by atoms with Crippen LogP contribution in [-0.2, 0) is 9.53 Å². The highest BCUT2D eigenvalue weighted by Crippen LogP contribution is 2.61. The number of ketones is 1. The van der Waals surface area contributed by atoms with Crippen LogP contribution in [0.4, 0.5) is 0 Å². The van der Waals surface area contributed by atoms with Crippen molar-refractivity contribution in [2.75, 3.05) is 21.3 Å². The van der Waals surface area contributed by atoms with Gasteiger partial charge in [0, 0.05) is 11.3 Å². The number of aliphatic hydroxyl groups is 1. The van der Waals surface area contributed by atoms with Crippen LogP contribution in [0.5, 0.6) is 11.5 Å². The molecule has 0 saturated heterocycles. The Morgan fingerprint density at radius 3 is 2.42 bits per heavy atom. The van der Waals surface area contributed by atoms with Crippen molar-refractivity contribution >= 4 is 5.78 Å². The molecule has 1 saturated carbocycles. The van der Waals surface area contributed by atoms with Crippen molar-refractivity contribution in [1.29, 1.82) is 0 Å². The average Bonchev–Trinajstić information content (AvgIpc) is 2.80. The molecule has 2 bridgehead atoms. The van der Waals surface area contributed by atoms with Crippen LogP contribution in [0.2, 0.25) is 0 Å². The average molecular weight is 358 g/mol. The topological polar surface area (TPSA) is 65.0 Å². The number of carbonyl (C=O) groups is 1. The molecule has 0 spiro atoms. The Balaban J connectivity index is 2.13. The second kappa shape index (κ2) is 6.80. The van der Waals surface area contributed by atoms with Crippen molar-refractivity contribution in [3.8, 4) is 11.5 Å². The van der Waals surface area contributed by atoms with E-state index in [9.17, 15) is 9.90 Å². The molecular weight excluding hydrogens is 332 g/mol. The van der Waals surface area contributed by atoms with E-state index in [1.165, 1.54) is 7.11 Å². The van der Waals surface area contributed by atoms with E-state index in [1.54, 1.807) is 20.3 Å². The quantitative estimate of drug-likeness (QED) is 0.792. The highest BCUT2D eigenvalue weighted by molar-refractivity contribution is 5.98. The van der Waals surface area contributed by atoms with Gasteiger partial charge in [-0.2, -0.15) is 0 Å². The number of hydrogen-bond acceptors (Lipinski definition) is 5. The Kier molecular flexibility index (Phi) is 4.84. The molecule has 140 valence electrons. The van der Waals surface area contributed by atoms with E-state index in [2.05, 4.69) is 13.5 Å². The smallest absolute Gasteiger partial charge is 0.203 e. The van der Waals surface area contributed by atoms with Gasteiger partial charge in [0.05, 0.1) is 33.4 Å². The van der Waals surface area contributed by atoms with Gasteiger partial charge in [-0.05, 0) is 36.1 Å². The summed E-state index contributed by atoms with van der Waals surface area (Å²) in [5.74, 6) is 0.742. The van der Waals surface area contributed by atoms with E-state index < -0.39 is 17.4 Å². The number of carbonyl (C=O) groups excluding carboxylic acids is 1. The number of aliphatic hydroxyl groups excluding tert-OH is 1. The lowest BCUT2D eigenvalue weighted by Gasteiger charge is -2.36. The van der Waals surface area contributed by atoms with Crippen LogP contribution in [0, 0.1) is 17.3 Å². The lowest BCUT2D eigenvalue weighted by Crippen LogP contribution is -2.42. The van der Waals surface area contributed by atoms with Gasteiger partial charge in [0.15, 0.2) is 17.3 Å². The van der Waals surface area contributed by atoms with Crippen molar-refractivity contribution < 1.29 is 24.1 Å². The Hall–Kier alpha value is -2.27. The molecule has 1 fully saturated rings. The number of ether oxygens (including phenoxy) is 3. The van der Waals surface area contributed by atoms with E-state index in [1.807, 2.05) is 24.3 Å². The third kappa shape index (κ3) is 2.45. The first-order chi connectivity index (χ1) is 12.4. The normalized spacial score (nSPS) is 32.8. The first-order valence-corrected chi connectivity index (χ1v) is 8.77. The standard InChI is InChI=1S/C21H26O5/c1-6-9-21-11-16(26-5)19(22)18(20(21)23)17(12(21)2)13-7-8-14(24-3)15(10-13)25-4/h6-8,10-12,17-18,20,23H,1,9H2,2-5H3/t12-,17+,18-,20-,21-/m1/s1. The third-order valence-corrected chi connectivity index (χ3v) is 6.12. The molecular formula is C21H26O5. The van der Waals surface area contributed by atoms with Crippen molar-refractivity contribution in [1.82, 2.24) is 0 Å². The minimum Gasteiger partial charge on any atom is -0.493 e. The van der Waals surface area contributed by atoms with Gasteiger partial charge < -0.3 is 19.3 Å². The highest BCUT2D eigenvalue weighted by Gasteiger charge is 2.62. The Morgan fingerprint density at radius 1 is 1.15 bits per heavy atom. The molecule has 5 nitrogen and oxygen atoms in total. The minimum atomic E-state index is -0.778. The minimum absolute atomic E-state index is 0.0233. The van der Waals surface area contributed by atoms with Gasteiger partial charge in [-0.1, -0.05) is 19.1 Å². The first-order valence-electron chi connectivity index (χ1n) is 8.77. The van der Waals surface area contributed by atoms with Crippen molar-refractivity contribution in [2.24, 2.45) is 17.3 Å². The van der Waals surface area contributed by atoms with Crippen LogP contribution in [0.1, 0.15) is 24.8 Å². The molecule has 2 aliphatic rings. The van der Waals surface area contributed by atoms with Crippen LogP contribution in [-0.4, -0.2) is 38.3 Å². The summed E-state index contributed by atoms with van der Waals surface area (Å²) in [4.78, 5) is 12.9. The predicted molar refractivity (Wildman–Crippen MR) is 98.3 cm³/mol. The summed E-state index contributed by atoms with van der Waals surface area (Å²) in [5, 5.41) is 11.1. The van der Waals surface area contributed by atoms with Gasteiger partial charge in [-0.3, -0.25) is 4.79 Å². The number of fused-ring (bicyclic) bond motifs is 2. The number of benzene rings is 1. The number of Topliss-reactive ketones (excluding diaryl/α,β-unsaturated/α-hetero) is 1. The summed E-state index contributed by atoms with van der Waals surface area (Å²) in [7, 11) is 4.67. The molecule has 1 aromatic carbocycles. The van der Waals surface area contributed by atoms with Crippen LogP contribution < -0.4 is 9.47 Å². The molecule has 5 heteroatoms. The number of hydrogen-bond donors (Lipinski definition) is 1. The second-order valence-corrected chi connectivity index (χ2v) is 7.08. The molecule has 0 aliphatic heterocycles. The summed E-state index contributed by atoms with van der Waals surface area (Å²) < 4.78 is 16.1. The van der Waals surface area contributed by atoms with Crippen LogP contribution in [0.15, 0.2) is 42.7 Å². The maximum Gasteiger partial charge on any atom is 0.203 e. The van der Waals surface area contributed by atoms with Crippen molar-refractivity contribution in [3.05, 3.63) is 48.3 Å². The molecule has 2 aliphatic carbocycles. The fourth-order valence-electron chi connectivity index (χ4n) is 4.78. The van der Waals surface area contributed by atoms with Crippen molar-refractivity contribution in [2.45, 2.75) is 25.4 Å². The van der Waals surface area contributed by atoms with E-state index in [0.29, 0.717) is 23.7 Å². The van der Waals surface area contributed by atoms with Gasteiger partial charge in [0.1, 0.15) is 0 Å². The summed E-state index contributed by atoms with van der Waals surface area (Å²) in [6.45, 7) is 5.93. The molecule has 0 heterocycles. The summed E-state index contributed by atoms with van der Waals surface area (Å²) in [6.07, 6.45) is 3.41. The van der Waals surface area contributed by atoms with Gasteiger partial charge >= 0.3 is 0 Å². The first kappa shape index (κ1) is 18.5. The molecule has 0 radical (unpaired) electrons. The highest BCUT2D eigenvalue weighted by atomic mass is 16.5. The largest absolute Gasteiger partial charge is 0.493 e. The zero-order valence-electron chi connectivity index (χ0n) is 15.7. The van der Waals surface area contributed by atoms with Crippen LogP contribution in [0.3, 0.4) is 0 Å². The van der Waals surface area contributed by atoms with Crippen LogP contribution in [0.25, 0.3) is 0 Å². The fraction of sp³-hybridized carbons (Fsp3) is 0.476. The Labute approximate surface area is 154 Å². The second-order valence-electron chi connectivity index (χ2n) is 7.08. The van der Waals surface area contributed by atoms with E-state index in [-0.39, 0.29) is 17.6 Å². The molecule has 0 aromatic heterocycles. The monoisotopic (exact) mass is 358 g/mol. The molecule has 0 unspecified atom stereocenters. The summed E-state index contributed by atoms with van der Waals surface area (Å²) >= 11 is 0. The Morgan fingerprint density at radius 2 is 1.85 bits per heavy atom. The van der Waals surface area contributed by atoms with E-state index in [0.717, 1.165) is 5.56 Å². The molecule has 5 atom stereocenters. The van der Waals surface area contributed by atoms with Crippen LogP contribution >= 0.6 is 0 Å². The maximum atomic E-state index is 12.9. The van der Waals surface area contributed by atoms with Gasteiger partial charge in [0.25, 0.3) is 0 Å². The molecule has 1 aromatic rings. The molecule has 26 heavy (non-hydrogen) atoms. The molecule has 0 amide bonds. The van der Waals surface area contributed by atoms with Gasteiger partial charge in [-0.25, -0.2) is 0 Å². The Bertz CT molecular complexity index is 753. The van der Waals surface area contributed by atoms with E-state index in [4.69, 9.17) is 14.2 Å². The van der Waals surface area contributed by atoms with Gasteiger partial charge in [-0.15, -0.1) is 6.58 Å². The zero-order valence-corrected chi connectivity index (χ0v) is 15.7. The molecule has 1 N–H and O–H groups in total. The summed E-state index contributed by atoms with van der Waals surface area (Å²) in [5.41, 5.74) is 0.382.